The van der Waals surface area contributed by atoms with Crippen LogP contribution in [-0.4, -0.2) is 71.5 Å². The standard InChI is InChI=1S/C37H47N5O5/c1-24-20-42(25(2)23-43)37(46)29-12-9-15-32(40-35(44)27-10-5-4-6-11-27)34(29)47-33(24)22-41(3)21-26-16-18-28(19-17-26)36(45)39-31-14-8-7-13-30(31)38/h7-9,12-19,24-25,27,33,43H,4-6,10-11,20-23,38H2,1-3H3,(H,39,45)(H,40,44)/t24-,25+,33-/m0/s1. The molecule has 0 bridgehead atoms. The average Bonchev–Trinajstić information content (AvgIpc) is 3.08. The number of hydrogen-bond acceptors (Lipinski definition) is 7. The number of nitrogen functional groups attached to an aromatic ring is 1. The molecule has 10 heteroatoms. The zero-order valence-electron chi connectivity index (χ0n) is 27.6. The van der Waals surface area contributed by atoms with Crippen LogP contribution in [0.2, 0.25) is 0 Å². The van der Waals surface area contributed by atoms with Gasteiger partial charge in [0.15, 0.2) is 5.75 Å². The van der Waals surface area contributed by atoms with E-state index in [1.165, 1.54) is 0 Å². The number of aliphatic hydroxyl groups excluding tert-OH is 1. The lowest BCUT2D eigenvalue weighted by molar-refractivity contribution is -0.120. The molecular weight excluding hydrogens is 594 g/mol. The zero-order chi connectivity index (χ0) is 33.5. The number of nitrogens with one attached hydrogen (secondary N) is 2. The van der Waals surface area contributed by atoms with Gasteiger partial charge < -0.3 is 31.1 Å². The molecule has 0 unspecified atom stereocenters. The zero-order valence-corrected chi connectivity index (χ0v) is 27.6. The quantitative estimate of drug-likeness (QED) is 0.218. The lowest BCUT2D eigenvalue weighted by Crippen LogP contribution is -2.49. The van der Waals surface area contributed by atoms with Gasteiger partial charge in [-0.25, -0.2) is 0 Å². The molecule has 5 N–H and O–H groups in total. The SMILES string of the molecule is C[C@H](CO)N1C[C@H](C)[C@H](CN(C)Cc2ccc(C(=O)Nc3ccccc3N)cc2)Oc2c(NC(=O)C3CCCCC3)cccc2C1=O. The van der Waals surface area contributed by atoms with Gasteiger partial charge in [-0.2, -0.15) is 0 Å². The lowest BCUT2D eigenvalue weighted by Gasteiger charge is -2.38. The van der Waals surface area contributed by atoms with Crippen LogP contribution in [0, 0.1) is 11.8 Å². The Morgan fingerprint density at radius 1 is 1.00 bits per heavy atom. The smallest absolute Gasteiger partial charge is 0.258 e. The molecule has 1 aliphatic carbocycles. The van der Waals surface area contributed by atoms with Gasteiger partial charge in [-0.15, -0.1) is 0 Å². The van der Waals surface area contributed by atoms with E-state index in [4.69, 9.17) is 10.5 Å². The molecule has 3 amide bonds. The van der Waals surface area contributed by atoms with Crippen molar-refractivity contribution in [1.82, 2.24) is 9.80 Å². The van der Waals surface area contributed by atoms with Crippen LogP contribution in [0.1, 0.15) is 72.2 Å². The topological polar surface area (TPSA) is 137 Å². The van der Waals surface area contributed by atoms with Crippen molar-refractivity contribution < 1.29 is 24.2 Å². The second-order valence-electron chi connectivity index (χ2n) is 13.1. The highest BCUT2D eigenvalue weighted by molar-refractivity contribution is 6.05. The van der Waals surface area contributed by atoms with E-state index >= 15 is 0 Å². The summed E-state index contributed by atoms with van der Waals surface area (Å²) < 4.78 is 6.70. The molecule has 2 aliphatic rings. The summed E-state index contributed by atoms with van der Waals surface area (Å²) in [4.78, 5) is 43.7. The molecule has 1 saturated carbocycles. The van der Waals surface area contributed by atoms with E-state index in [1.54, 1.807) is 47.4 Å². The minimum absolute atomic E-state index is 0.0390. The number of ether oxygens (including phenoxy) is 1. The van der Waals surface area contributed by atoms with Crippen LogP contribution in [0.25, 0.3) is 0 Å². The molecule has 5 rings (SSSR count). The van der Waals surface area contributed by atoms with Crippen LogP contribution in [0.5, 0.6) is 5.75 Å². The Labute approximate surface area is 277 Å². The van der Waals surface area contributed by atoms with Gasteiger partial charge in [0.25, 0.3) is 11.8 Å². The maximum absolute atomic E-state index is 13.8. The summed E-state index contributed by atoms with van der Waals surface area (Å²) in [5, 5.41) is 16.0. The lowest BCUT2D eigenvalue weighted by atomic mass is 9.88. The van der Waals surface area contributed by atoms with Crippen molar-refractivity contribution in [2.75, 3.05) is 43.1 Å². The molecule has 47 heavy (non-hydrogen) atoms. The molecular formula is C37H47N5O5. The summed E-state index contributed by atoms with van der Waals surface area (Å²) >= 11 is 0. The van der Waals surface area contributed by atoms with Gasteiger partial charge in [0.05, 0.1) is 35.3 Å². The summed E-state index contributed by atoms with van der Waals surface area (Å²) in [6, 6.07) is 19.5. The van der Waals surface area contributed by atoms with Gasteiger partial charge >= 0.3 is 0 Å². The Hall–Kier alpha value is -4.41. The number of nitrogens with zero attached hydrogens (tertiary/aromatic N) is 2. The van der Waals surface area contributed by atoms with E-state index < -0.39 is 0 Å². The monoisotopic (exact) mass is 641 g/mol. The van der Waals surface area contributed by atoms with Crippen molar-refractivity contribution in [1.29, 1.82) is 0 Å². The predicted molar refractivity (Wildman–Crippen MR) is 184 cm³/mol. The molecule has 1 aliphatic heterocycles. The Morgan fingerprint density at radius 2 is 1.70 bits per heavy atom. The van der Waals surface area contributed by atoms with Crippen molar-refractivity contribution in [3.8, 4) is 5.75 Å². The van der Waals surface area contributed by atoms with Crippen molar-refractivity contribution >= 4 is 34.8 Å². The number of anilines is 3. The highest BCUT2D eigenvalue weighted by Crippen LogP contribution is 2.36. The van der Waals surface area contributed by atoms with Crippen LogP contribution < -0.4 is 21.1 Å². The van der Waals surface area contributed by atoms with E-state index in [2.05, 4.69) is 15.5 Å². The Balaban J connectivity index is 1.32. The molecule has 3 aromatic rings. The summed E-state index contributed by atoms with van der Waals surface area (Å²) in [6.45, 7) is 5.27. The van der Waals surface area contributed by atoms with Crippen LogP contribution in [-0.2, 0) is 11.3 Å². The number of likely N-dealkylation sites (N-methyl/N-ethyl adjacent to an activating group) is 1. The van der Waals surface area contributed by atoms with Gasteiger partial charge in [-0.1, -0.05) is 56.5 Å². The number of benzene rings is 3. The van der Waals surface area contributed by atoms with E-state index in [0.717, 1.165) is 37.7 Å². The third kappa shape index (κ3) is 8.31. The highest BCUT2D eigenvalue weighted by Gasteiger charge is 2.35. The first-order chi connectivity index (χ1) is 22.6. The molecule has 1 heterocycles. The number of amides is 3. The third-order valence-corrected chi connectivity index (χ3v) is 9.29. The summed E-state index contributed by atoms with van der Waals surface area (Å²) in [6.07, 6.45) is 4.63. The van der Waals surface area contributed by atoms with Crippen molar-refractivity contribution in [3.05, 3.63) is 83.4 Å². The number of hydrogen-bond donors (Lipinski definition) is 4. The summed E-state index contributed by atoms with van der Waals surface area (Å²) in [7, 11) is 2.00. The number of rotatable bonds is 10. The second kappa shape index (κ2) is 15.5. The minimum Gasteiger partial charge on any atom is -0.486 e. The number of para-hydroxylation sites is 3. The molecule has 10 nitrogen and oxygen atoms in total. The molecule has 250 valence electrons. The first kappa shape index (κ1) is 33.9. The number of nitrogens with two attached hydrogens (primary N) is 1. The Bertz CT molecular complexity index is 1550. The maximum Gasteiger partial charge on any atom is 0.258 e. The van der Waals surface area contributed by atoms with Gasteiger partial charge in [-0.05, 0) is 68.8 Å². The number of aliphatic hydroxyl groups is 1. The van der Waals surface area contributed by atoms with Gasteiger partial charge in [-0.3, -0.25) is 19.3 Å². The number of carbonyl (C=O) groups excluding carboxylic acids is 3. The highest BCUT2D eigenvalue weighted by atomic mass is 16.5. The second-order valence-corrected chi connectivity index (χ2v) is 13.1. The third-order valence-electron chi connectivity index (χ3n) is 9.29. The number of carbonyl (C=O) groups is 3. The van der Waals surface area contributed by atoms with E-state index in [1.807, 2.05) is 45.2 Å². The van der Waals surface area contributed by atoms with E-state index in [-0.39, 0.29) is 48.3 Å². The van der Waals surface area contributed by atoms with Crippen molar-refractivity contribution in [3.63, 3.8) is 0 Å². The van der Waals surface area contributed by atoms with E-state index in [0.29, 0.717) is 53.6 Å². The summed E-state index contributed by atoms with van der Waals surface area (Å²) in [5.41, 5.74) is 9.47. The van der Waals surface area contributed by atoms with Gasteiger partial charge in [0.1, 0.15) is 6.10 Å². The Kier molecular flexibility index (Phi) is 11.2. The molecule has 1 fully saturated rings. The van der Waals surface area contributed by atoms with Crippen LogP contribution >= 0.6 is 0 Å². The first-order valence-electron chi connectivity index (χ1n) is 16.6. The molecule has 3 aromatic carbocycles. The van der Waals surface area contributed by atoms with Gasteiger partial charge in [0.2, 0.25) is 5.91 Å². The van der Waals surface area contributed by atoms with Crippen LogP contribution in [0.3, 0.4) is 0 Å². The molecule has 0 spiro atoms. The largest absolute Gasteiger partial charge is 0.486 e. The fraction of sp³-hybridized carbons (Fsp3) is 0.432. The molecule has 0 radical (unpaired) electrons. The predicted octanol–water partition coefficient (Wildman–Crippen LogP) is 5.39. The number of fused-ring (bicyclic) bond motifs is 1. The van der Waals surface area contributed by atoms with E-state index in [9.17, 15) is 19.5 Å². The maximum atomic E-state index is 13.8. The first-order valence-corrected chi connectivity index (χ1v) is 16.6. The summed E-state index contributed by atoms with van der Waals surface area (Å²) in [5.74, 6) is -0.264. The molecule has 0 aromatic heterocycles. The molecule has 3 atom stereocenters. The van der Waals surface area contributed by atoms with Crippen LogP contribution in [0.15, 0.2) is 66.7 Å². The Morgan fingerprint density at radius 3 is 2.40 bits per heavy atom. The van der Waals surface area contributed by atoms with Crippen molar-refractivity contribution in [2.45, 2.75) is 64.6 Å². The van der Waals surface area contributed by atoms with Crippen molar-refractivity contribution in [2.24, 2.45) is 11.8 Å². The fourth-order valence-electron chi connectivity index (χ4n) is 6.41. The normalized spacial score (nSPS) is 19.3. The fourth-order valence-corrected chi connectivity index (χ4v) is 6.41. The van der Waals surface area contributed by atoms with Gasteiger partial charge in [0, 0.05) is 37.0 Å². The van der Waals surface area contributed by atoms with Crippen LogP contribution in [0.4, 0.5) is 17.1 Å². The molecule has 0 saturated heterocycles. The minimum atomic E-state index is -0.385. The average molecular weight is 642 g/mol.